The minimum atomic E-state index is -1.21. The van der Waals surface area contributed by atoms with Crippen molar-refractivity contribution in [2.24, 2.45) is 5.73 Å². The lowest BCUT2D eigenvalue weighted by atomic mass is 10.0. The summed E-state index contributed by atoms with van der Waals surface area (Å²) >= 11 is 1.55. The average Bonchev–Trinajstić information content (AvgIpc) is 2.72. The van der Waals surface area contributed by atoms with E-state index in [0.29, 0.717) is 17.7 Å². The number of nitrogens with two attached hydrogens (primary N) is 1. The first kappa shape index (κ1) is 26.2. The zero-order valence-corrected chi connectivity index (χ0v) is 18.6. The van der Waals surface area contributed by atoms with E-state index in [1.807, 2.05) is 6.26 Å². The largest absolute Gasteiger partial charge is 0.508 e. The minimum Gasteiger partial charge on any atom is -0.508 e. The SMILES string of the molecule is CSCCC(N)C(=O)NC(Cc1ccc(O)cc1)C(=O)NC(C)C(=O)NC(C)C(=O)O. The molecule has 4 atom stereocenters. The van der Waals surface area contributed by atoms with Gasteiger partial charge < -0.3 is 31.9 Å². The first-order chi connectivity index (χ1) is 14.5. The number of nitrogens with one attached hydrogen (secondary N) is 3. The lowest BCUT2D eigenvalue weighted by molar-refractivity contribution is -0.141. The summed E-state index contributed by atoms with van der Waals surface area (Å²) in [5.74, 6) is -2.25. The zero-order chi connectivity index (χ0) is 23.6. The van der Waals surface area contributed by atoms with Crippen LogP contribution in [0.4, 0.5) is 0 Å². The number of phenols is 1. The molecule has 0 aliphatic rings. The van der Waals surface area contributed by atoms with Crippen LogP contribution >= 0.6 is 11.8 Å². The van der Waals surface area contributed by atoms with Crippen molar-refractivity contribution in [3.05, 3.63) is 29.8 Å². The summed E-state index contributed by atoms with van der Waals surface area (Å²) in [4.78, 5) is 48.3. The molecule has 0 fully saturated rings. The van der Waals surface area contributed by atoms with E-state index < -0.39 is 47.9 Å². The highest BCUT2D eigenvalue weighted by molar-refractivity contribution is 7.98. The summed E-state index contributed by atoms with van der Waals surface area (Å²) in [6.45, 7) is 2.71. The van der Waals surface area contributed by atoms with Crippen LogP contribution in [0.3, 0.4) is 0 Å². The number of phenolic OH excluding ortho intramolecular Hbond substituents is 1. The quantitative estimate of drug-likeness (QED) is 0.247. The third-order valence-electron chi connectivity index (χ3n) is 4.46. The van der Waals surface area contributed by atoms with Gasteiger partial charge in [-0.15, -0.1) is 0 Å². The topological polar surface area (TPSA) is 171 Å². The van der Waals surface area contributed by atoms with Crippen LogP contribution in [0.1, 0.15) is 25.8 Å². The Labute approximate surface area is 185 Å². The molecule has 0 aliphatic carbocycles. The molecule has 1 aromatic carbocycles. The number of benzene rings is 1. The fraction of sp³-hybridized carbons (Fsp3) is 0.500. The maximum Gasteiger partial charge on any atom is 0.325 e. The number of carboxylic acids is 1. The number of thioether (sulfide) groups is 1. The third-order valence-corrected chi connectivity index (χ3v) is 5.10. The highest BCUT2D eigenvalue weighted by Gasteiger charge is 2.27. The molecule has 0 radical (unpaired) electrons. The Morgan fingerprint density at radius 2 is 1.55 bits per heavy atom. The number of hydrogen-bond acceptors (Lipinski definition) is 7. The number of aromatic hydroxyl groups is 1. The highest BCUT2D eigenvalue weighted by Crippen LogP contribution is 2.12. The number of carboxylic acid groups (broad SMARTS) is 1. The van der Waals surface area contributed by atoms with E-state index >= 15 is 0 Å². The number of carbonyl (C=O) groups is 4. The Balaban J connectivity index is 2.88. The molecule has 0 bridgehead atoms. The fourth-order valence-corrected chi connectivity index (χ4v) is 3.00. The summed E-state index contributed by atoms with van der Waals surface area (Å²) in [6.07, 6.45) is 2.43. The average molecular weight is 455 g/mol. The molecule has 0 aromatic heterocycles. The highest BCUT2D eigenvalue weighted by atomic mass is 32.2. The van der Waals surface area contributed by atoms with Gasteiger partial charge in [-0.3, -0.25) is 19.2 Å². The molecule has 1 rings (SSSR count). The number of aliphatic carboxylic acids is 1. The molecule has 11 heteroatoms. The second-order valence-corrected chi connectivity index (χ2v) is 8.10. The van der Waals surface area contributed by atoms with E-state index in [2.05, 4.69) is 16.0 Å². The van der Waals surface area contributed by atoms with Gasteiger partial charge in [0.25, 0.3) is 0 Å². The molecule has 0 spiro atoms. The molecular weight excluding hydrogens is 424 g/mol. The van der Waals surface area contributed by atoms with Crippen molar-refractivity contribution in [2.45, 2.75) is 50.9 Å². The Morgan fingerprint density at radius 3 is 2.10 bits per heavy atom. The molecular formula is C20H30N4O6S. The van der Waals surface area contributed by atoms with Gasteiger partial charge in [0.2, 0.25) is 17.7 Å². The van der Waals surface area contributed by atoms with Gasteiger partial charge in [-0.05, 0) is 50.0 Å². The Bertz CT molecular complexity index is 773. The molecule has 10 nitrogen and oxygen atoms in total. The van der Waals surface area contributed by atoms with Crippen molar-refractivity contribution < 1.29 is 29.4 Å². The van der Waals surface area contributed by atoms with Gasteiger partial charge in [0.1, 0.15) is 23.9 Å². The summed E-state index contributed by atoms with van der Waals surface area (Å²) in [7, 11) is 0. The maximum atomic E-state index is 12.8. The van der Waals surface area contributed by atoms with Crippen LogP contribution in [0, 0.1) is 0 Å². The Morgan fingerprint density at radius 1 is 0.968 bits per heavy atom. The van der Waals surface area contributed by atoms with Gasteiger partial charge >= 0.3 is 5.97 Å². The molecule has 1 aromatic rings. The van der Waals surface area contributed by atoms with Crippen molar-refractivity contribution in [1.29, 1.82) is 0 Å². The third kappa shape index (κ3) is 9.26. The molecule has 31 heavy (non-hydrogen) atoms. The van der Waals surface area contributed by atoms with Crippen LogP contribution in [0.2, 0.25) is 0 Å². The van der Waals surface area contributed by atoms with Crippen LogP contribution in [-0.4, -0.2) is 70.1 Å². The van der Waals surface area contributed by atoms with E-state index in [0.717, 1.165) is 0 Å². The first-order valence-electron chi connectivity index (χ1n) is 9.71. The van der Waals surface area contributed by atoms with Crippen molar-refractivity contribution in [2.75, 3.05) is 12.0 Å². The van der Waals surface area contributed by atoms with E-state index in [-0.39, 0.29) is 12.2 Å². The standard InChI is InChI=1S/C20H30N4O6S/c1-11(17(26)23-12(2)20(29)30)22-19(28)16(10-13-4-6-14(25)7-5-13)24-18(27)15(21)8-9-31-3/h4-7,11-12,15-16,25H,8-10,21H2,1-3H3,(H,22,28)(H,23,26)(H,24,27)(H,29,30). The fourth-order valence-electron chi connectivity index (χ4n) is 2.51. The molecule has 172 valence electrons. The Hall–Kier alpha value is -2.79. The lowest BCUT2D eigenvalue weighted by Gasteiger charge is -2.23. The lowest BCUT2D eigenvalue weighted by Crippen LogP contribution is -2.56. The van der Waals surface area contributed by atoms with Crippen molar-refractivity contribution in [1.82, 2.24) is 16.0 Å². The molecule has 0 aliphatic heterocycles. The number of rotatable bonds is 12. The summed E-state index contributed by atoms with van der Waals surface area (Å²) in [5.41, 5.74) is 6.56. The van der Waals surface area contributed by atoms with Gasteiger partial charge in [-0.2, -0.15) is 11.8 Å². The smallest absolute Gasteiger partial charge is 0.325 e. The Kier molecular flexibility index (Phi) is 10.8. The van der Waals surface area contributed by atoms with Crippen molar-refractivity contribution in [3.8, 4) is 5.75 Å². The minimum absolute atomic E-state index is 0.0609. The predicted octanol–water partition coefficient (Wildman–Crippen LogP) is -0.406. The van der Waals surface area contributed by atoms with Crippen LogP contribution < -0.4 is 21.7 Å². The number of amides is 3. The van der Waals surface area contributed by atoms with Crippen LogP contribution in [0.5, 0.6) is 5.75 Å². The normalized spacial score (nSPS) is 14.6. The molecule has 3 amide bonds. The van der Waals surface area contributed by atoms with Crippen molar-refractivity contribution in [3.63, 3.8) is 0 Å². The molecule has 0 heterocycles. The van der Waals surface area contributed by atoms with E-state index in [1.54, 1.807) is 23.9 Å². The maximum absolute atomic E-state index is 12.8. The number of carbonyl (C=O) groups excluding carboxylic acids is 3. The molecule has 4 unspecified atom stereocenters. The second-order valence-electron chi connectivity index (χ2n) is 7.12. The second kappa shape index (κ2) is 12.8. The van der Waals surface area contributed by atoms with Crippen LogP contribution in [-0.2, 0) is 25.6 Å². The van der Waals surface area contributed by atoms with Gasteiger partial charge in [-0.1, -0.05) is 12.1 Å². The van der Waals surface area contributed by atoms with Gasteiger partial charge in [0.05, 0.1) is 6.04 Å². The summed E-state index contributed by atoms with van der Waals surface area (Å²) < 4.78 is 0. The van der Waals surface area contributed by atoms with Gasteiger partial charge in [0.15, 0.2) is 0 Å². The van der Waals surface area contributed by atoms with E-state index in [4.69, 9.17) is 10.8 Å². The van der Waals surface area contributed by atoms with Gasteiger partial charge in [-0.25, -0.2) is 0 Å². The zero-order valence-electron chi connectivity index (χ0n) is 17.8. The predicted molar refractivity (Wildman–Crippen MR) is 118 cm³/mol. The monoisotopic (exact) mass is 454 g/mol. The molecule has 0 saturated carbocycles. The first-order valence-corrected chi connectivity index (χ1v) is 11.1. The van der Waals surface area contributed by atoms with Crippen molar-refractivity contribution >= 4 is 35.5 Å². The number of hydrogen-bond donors (Lipinski definition) is 6. The molecule has 0 saturated heterocycles. The van der Waals surface area contributed by atoms with E-state index in [9.17, 15) is 24.3 Å². The van der Waals surface area contributed by atoms with Crippen LogP contribution in [0.15, 0.2) is 24.3 Å². The van der Waals surface area contributed by atoms with Gasteiger partial charge in [0, 0.05) is 6.42 Å². The van der Waals surface area contributed by atoms with Crippen LogP contribution in [0.25, 0.3) is 0 Å². The molecule has 7 N–H and O–H groups in total. The summed E-state index contributed by atoms with van der Waals surface area (Å²) in [5, 5.41) is 25.7. The summed E-state index contributed by atoms with van der Waals surface area (Å²) in [6, 6.07) is 2.18. The van der Waals surface area contributed by atoms with E-state index in [1.165, 1.54) is 26.0 Å².